The molecule has 3 unspecified atom stereocenters. The molecule has 0 aromatic heterocycles. The summed E-state index contributed by atoms with van der Waals surface area (Å²) in [4.78, 5) is 2.77. The molecule has 1 rings (SSSR count). The molecule has 19 heavy (non-hydrogen) atoms. The zero-order chi connectivity index (χ0) is 14.8. The van der Waals surface area contributed by atoms with Crippen molar-refractivity contribution < 1.29 is 0 Å². The maximum Gasteiger partial charge on any atom is 0.0272 e. The molecular weight excluding hydrogens is 232 g/mol. The molecule has 0 aromatic carbocycles. The van der Waals surface area contributed by atoms with Gasteiger partial charge in [-0.1, -0.05) is 54.9 Å². The Kier molecular flexibility index (Phi) is 5.48. The highest BCUT2D eigenvalue weighted by Gasteiger charge is 2.40. The second-order valence-electron chi connectivity index (χ2n) is 8.54. The number of hydrogen-bond donors (Lipinski definition) is 1. The quantitative estimate of drug-likeness (QED) is 0.835. The molecule has 1 saturated heterocycles. The van der Waals surface area contributed by atoms with Crippen molar-refractivity contribution in [1.82, 2.24) is 10.2 Å². The van der Waals surface area contributed by atoms with Gasteiger partial charge in [-0.3, -0.25) is 4.90 Å². The predicted molar refractivity (Wildman–Crippen MR) is 85.6 cm³/mol. The molecule has 1 heterocycles. The zero-order valence-corrected chi connectivity index (χ0v) is 14.5. The van der Waals surface area contributed by atoms with Gasteiger partial charge in [-0.25, -0.2) is 0 Å². The smallest absolute Gasteiger partial charge is 0.0272 e. The summed E-state index contributed by atoms with van der Waals surface area (Å²) in [7, 11) is 0. The highest BCUT2D eigenvalue weighted by atomic mass is 15.3. The largest absolute Gasteiger partial charge is 0.311 e. The molecule has 2 heteroatoms. The Bertz CT molecular complexity index is 272. The molecule has 0 spiro atoms. The monoisotopic (exact) mass is 268 g/mol. The minimum Gasteiger partial charge on any atom is -0.311 e. The zero-order valence-electron chi connectivity index (χ0n) is 14.5. The van der Waals surface area contributed by atoms with Crippen LogP contribution in [0.5, 0.6) is 0 Å². The third-order valence-electron chi connectivity index (χ3n) is 4.67. The van der Waals surface area contributed by atoms with Gasteiger partial charge in [0.1, 0.15) is 0 Å². The van der Waals surface area contributed by atoms with E-state index in [1.54, 1.807) is 0 Å². The minimum absolute atomic E-state index is 0.340. The highest BCUT2D eigenvalue weighted by Crippen LogP contribution is 2.32. The summed E-state index contributed by atoms with van der Waals surface area (Å²) in [5, 5.41) is 3.80. The molecule has 1 aliphatic heterocycles. The second kappa shape index (κ2) is 6.13. The van der Waals surface area contributed by atoms with Crippen molar-refractivity contribution in [2.24, 2.45) is 10.8 Å². The van der Waals surface area contributed by atoms with Gasteiger partial charge in [0.25, 0.3) is 0 Å². The van der Waals surface area contributed by atoms with Gasteiger partial charge in [-0.2, -0.15) is 0 Å². The maximum atomic E-state index is 3.80. The first-order chi connectivity index (χ1) is 8.57. The molecular formula is C17H36N2. The number of nitrogens with one attached hydrogen (secondary N) is 1. The minimum atomic E-state index is 0.340. The standard InChI is InChI=1S/C17H36N2/c1-9-10-13(2)19-12-14(16(3,4)5)18-11-15(19)17(6,7)8/h13-15,18H,9-12H2,1-8H3. The lowest BCUT2D eigenvalue weighted by Gasteiger charge is -2.51. The van der Waals surface area contributed by atoms with E-state index in [-0.39, 0.29) is 0 Å². The normalized spacial score (nSPS) is 28.4. The summed E-state index contributed by atoms with van der Waals surface area (Å²) in [5.41, 5.74) is 0.685. The lowest BCUT2D eigenvalue weighted by atomic mass is 9.79. The molecule has 0 bridgehead atoms. The van der Waals surface area contributed by atoms with E-state index in [9.17, 15) is 0 Å². The van der Waals surface area contributed by atoms with Gasteiger partial charge in [0.2, 0.25) is 0 Å². The number of rotatable bonds is 3. The molecule has 3 atom stereocenters. The summed E-state index contributed by atoms with van der Waals surface area (Å²) in [5.74, 6) is 0. The summed E-state index contributed by atoms with van der Waals surface area (Å²) < 4.78 is 0. The van der Waals surface area contributed by atoms with Crippen molar-refractivity contribution in [3.8, 4) is 0 Å². The van der Waals surface area contributed by atoms with Crippen LogP contribution in [-0.4, -0.2) is 36.1 Å². The molecule has 1 fully saturated rings. The van der Waals surface area contributed by atoms with Crippen molar-refractivity contribution in [2.75, 3.05) is 13.1 Å². The fourth-order valence-corrected chi connectivity index (χ4v) is 3.23. The topological polar surface area (TPSA) is 15.3 Å². The average Bonchev–Trinajstić information content (AvgIpc) is 2.26. The van der Waals surface area contributed by atoms with Crippen LogP contribution in [0, 0.1) is 10.8 Å². The molecule has 2 nitrogen and oxygen atoms in total. The lowest BCUT2D eigenvalue weighted by molar-refractivity contribution is 0.00254. The SMILES string of the molecule is CCCC(C)N1CC(C(C)(C)C)NCC1C(C)(C)C. The van der Waals surface area contributed by atoms with Crippen molar-refractivity contribution >= 4 is 0 Å². The Balaban J connectivity index is 2.86. The third-order valence-corrected chi connectivity index (χ3v) is 4.67. The molecule has 1 aliphatic rings. The molecule has 114 valence electrons. The van der Waals surface area contributed by atoms with E-state index in [0.29, 0.717) is 29.0 Å². The first-order valence-corrected chi connectivity index (χ1v) is 8.06. The van der Waals surface area contributed by atoms with E-state index < -0.39 is 0 Å². The summed E-state index contributed by atoms with van der Waals surface area (Å²) in [6.45, 7) is 21.2. The number of hydrogen-bond acceptors (Lipinski definition) is 2. The van der Waals surface area contributed by atoms with Gasteiger partial charge in [0.05, 0.1) is 0 Å². The van der Waals surface area contributed by atoms with E-state index in [1.807, 2.05) is 0 Å². The molecule has 0 aromatic rings. The van der Waals surface area contributed by atoms with Crippen LogP contribution in [0.25, 0.3) is 0 Å². The first kappa shape index (κ1) is 17.0. The Labute approximate surface area is 121 Å². The average molecular weight is 268 g/mol. The maximum absolute atomic E-state index is 3.80. The van der Waals surface area contributed by atoms with Crippen LogP contribution in [0.3, 0.4) is 0 Å². The van der Waals surface area contributed by atoms with E-state index in [2.05, 4.69) is 65.6 Å². The van der Waals surface area contributed by atoms with E-state index in [4.69, 9.17) is 0 Å². The Morgan fingerprint density at radius 2 is 1.68 bits per heavy atom. The lowest BCUT2D eigenvalue weighted by Crippen LogP contribution is -2.65. The summed E-state index contributed by atoms with van der Waals surface area (Å²) >= 11 is 0. The number of piperazine rings is 1. The third kappa shape index (κ3) is 4.46. The van der Waals surface area contributed by atoms with Crippen molar-refractivity contribution in [1.29, 1.82) is 0 Å². The summed E-state index contributed by atoms with van der Waals surface area (Å²) in [6, 6.07) is 1.94. The fraction of sp³-hybridized carbons (Fsp3) is 1.00. The van der Waals surface area contributed by atoms with Crippen LogP contribution in [0.4, 0.5) is 0 Å². The molecule has 0 aliphatic carbocycles. The van der Waals surface area contributed by atoms with Crippen LogP contribution in [0.2, 0.25) is 0 Å². The Hall–Kier alpha value is -0.0800. The van der Waals surface area contributed by atoms with Crippen molar-refractivity contribution in [3.63, 3.8) is 0 Å². The Morgan fingerprint density at radius 1 is 1.11 bits per heavy atom. The highest BCUT2D eigenvalue weighted by molar-refractivity contribution is 4.97. The van der Waals surface area contributed by atoms with Crippen LogP contribution in [-0.2, 0) is 0 Å². The van der Waals surface area contributed by atoms with E-state index >= 15 is 0 Å². The van der Waals surface area contributed by atoms with Crippen molar-refractivity contribution in [2.45, 2.75) is 86.4 Å². The molecule has 0 amide bonds. The number of nitrogens with zero attached hydrogens (tertiary/aromatic N) is 1. The van der Waals surface area contributed by atoms with Gasteiger partial charge in [0, 0.05) is 31.2 Å². The second-order valence-corrected chi connectivity index (χ2v) is 8.54. The Morgan fingerprint density at radius 3 is 2.11 bits per heavy atom. The van der Waals surface area contributed by atoms with Gasteiger partial charge in [0.15, 0.2) is 0 Å². The summed E-state index contributed by atoms with van der Waals surface area (Å²) in [6.07, 6.45) is 2.59. The van der Waals surface area contributed by atoms with E-state index in [1.165, 1.54) is 19.4 Å². The fourth-order valence-electron chi connectivity index (χ4n) is 3.23. The van der Waals surface area contributed by atoms with Gasteiger partial charge in [-0.05, 0) is 24.2 Å². The van der Waals surface area contributed by atoms with Crippen LogP contribution >= 0.6 is 0 Å². The van der Waals surface area contributed by atoms with Gasteiger partial charge >= 0.3 is 0 Å². The van der Waals surface area contributed by atoms with Crippen molar-refractivity contribution in [3.05, 3.63) is 0 Å². The van der Waals surface area contributed by atoms with Gasteiger partial charge in [-0.15, -0.1) is 0 Å². The van der Waals surface area contributed by atoms with Gasteiger partial charge < -0.3 is 5.32 Å². The van der Waals surface area contributed by atoms with E-state index in [0.717, 1.165) is 6.54 Å². The molecule has 1 N–H and O–H groups in total. The molecule has 0 radical (unpaired) electrons. The molecule has 0 saturated carbocycles. The predicted octanol–water partition coefficient (Wildman–Crippen LogP) is 3.91. The van der Waals surface area contributed by atoms with Crippen LogP contribution in [0.15, 0.2) is 0 Å². The van der Waals surface area contributed by atoms with Crippen LogP contribution < -0.4 is 5.32 Å². The van der Waals surface area contributed by atoms with Crippen LogP contribution in [0.1, 0.15) is 68.2 Å². The first-order valence-electron chi connectivity index (χ1n) is 8.06.